The topological polar surface area (TPSA) is 60.2 Å². The van der Waals surface area contributed by atoms with Gasteiger partial charge in [0.05, 0.1) is 11.5 Å². The summed E-state index contributed by atoms with van der Waals surface area (Å²) in [6, 6.07) is 0. The van der Waals surface area contributed by atoms with Crippen molar-refractivity contribution >= 4 is 9.84 Å². The fourth-order valence-electron chi connectivity index (χ4n) is 4.01. The van der Waals surface area contributed by atoms with Gasteiger partial charge in [0.25, 0.3) is 0 Å². The van der Waals surface area contributed by atoms with Gasteiger partial charge >= 0.3 is 0 Å². The molecule has 0 aromatic heterocycles. The van der Waals surface area contributed by atoms with Crippen molar-refractivity contribution in [3.8, 4) is 0 Å². The summed E-state index contributed by atoms with van der Waals surface area (Å²) in [7, 11) is -2.76. The van der Waals surface area contributed by atoms with Gasteiger partial charge in [0.15, 0.2) is 9.84 Å². The molecule has 86 valence electrons. The molecule has 0 spiro atoms. The van der Waals surface area contributed by atoms with Crippen LogP contribution in [0.5, 0.6) is 0 Å². The fraction of sp³-hybridized carbons (Fsp3) is 1.00. The van der Waals surface area contributed by atoms with E-state index in [0.717, 1.165) is 6.42 Å². The van der Waals surface area contributed by atoms with Crippen LogP contribution < -0.4 is 5.73 Å². The van der Waals surface area contributed by atoms with Gasteiger partial charge in [0.2, 0.25) is 0 Å². The molecule has 3 unspecified atom stereocenters. The van der Waals surface area contributed by atoms with Gasteiger partial charge in [-0.05, 0) is 37.0 Å². The van der Waals surface area contributed by atoms with Gasteiger partial charge in [-0.3, -0.25) is 0 Å². The Bertz CT molecular complexity index is 364. The van der Waals surface area contributed by atoms with E-state index in [1.54, 1.807) is 0 Å². The van der Waals surface area contributed by atoms with E-state index >= 15 is 0 Å². The standard InChI is InChI=1S/C11H19NO2S/c12-11(8-5-6-15(13,14)7-8)9-3-1-2-4-10(9)11/h8-10H,1-7,12H2. The lowest BCUT2D eigenvalue weighted by Crippen LogP contribution is -2.37. The molecule has 0 aromatic rings. The summed E-state index contributed by atoms with van der Waals surface area (Å²) in [6.45, 7) is 0. The predicted molar refractivity (Wildman–Crippen MR) is 59.1 cm³/mol. The number of hydrogen-bond donors (Lipinski definition) is 1. The van der Waals surface area contributed by atoms with Gasteiger partial charge < -0.3 is 5.73 Å². The molecule has 3 fully saturated rings. The van der Waals surface area contributed by atoms with Crippen LogP contribution in [0.1, 0.15) is 32.1 Å². The van der Waals surface area contributed by atoms with Gasteiger partial charge in [-0.15, -0.1) is 0 Å². The van der Waals surface area contributed by atoms with E-state index < -0.39 is 9.84 Å². The average molecular weight is 229 g/mol. The van der Waals surface area contributed by atoms with Crippen molar-refractivity contribution < 1.29 is 8.42 Å². The van der Waals surface area contributed by atoms with Crippen molar-refractivity contribution in [3.63, 3.8) is 0 Å². The highest BCUT2D eigenvalue weighted by atomic mass is 32.2. The smallest absolute Gasteiger partial charge is 0.150 e. The van der Waals surface area contributed by atoms with Crippen LogP contribution in [0.25, 0.3) is 0 Å². The molecular formula is C11H19NO2S. The Labute approximate surface area is 91.3 Å². The van der Waals surface area contributed by atoms with Crippen molar-refractivity contribution in [1.82, 2.24) is 0 Å². The summed E-state index contributed by atoms with van der Waals surface area (Å²) in [5.74, 6) is 2.27. The Hall–Kier alpha value is -0.0900. The van der Waals surface area contributed by atoms with Crippen molar-refractivity contribution in [2.45, 2.75) is 37.6 Å². The first-order valence-corrected chi connectivity index (χ1v) is 7.85. The first kappa shape index (κ1) is 10.1. The molecule has 2 N–H and O–H groups in total. The molecule has 3 rings (SSSR count). The molecule has 0 radical (unpaired) electrons. The fourth-order valence-corrected chi connectivity index (χ4v) is 5.89. The van der Waals surface area contributed by atoms with Crippen LogP contribution in [-0.2, 0) is 9.84 Å². The van der Waals surface area contributed by atoms with Gasteiger partial charge in [0, 0.05) is 5.54 Å². The minimum Gasteiger partial charge on any atom is -0.324 e. The monoisotopic (exact) mass is 229 g/mol. The SMILES string of the molecule is NC1(C2CCS(=O)(=O)C2)C2CCCCC21. The quantitative estimate of drug-likeness (QED) is 0.728. The normalized spacial score (nSPS) is 52.5. The molecule has 3 atom stereocenters. The maximum Gasteiger partial charge on any atom is 0.150 e. The molecule has 0 aromatic carbocycles. The molecule has 1 aliphatic heterocycles. The summed E-state index contributed by atoms with van der Waals surface area (Å²) in [5, 5.41) is 0. The molecule has 0 amide bonds. The van der Waals surface area contributed by atoms with Gasteiger partial charge in [-0.1, -0.05) is 12.8 Å². The Morgan fingerprint density at radius 3 is 2.13 bits per heavy atom. The molecule has 1 heterocycles. The van der Waals surface area contributed by atoms with Crippen molar-refractivity contribution in [2.24, 2.45) is 23.5 Å². The molecule has 4 heteroatoms. The summed E-state index contributed by atoms with van der Waals surface area (Å²) >= 11 is 0. The predicted octanol–water partition coefficient (Wildman–Crippen LogP) is 0.939. The third-order valence-electron chi connectivity index (χ3n) is 4.88. The van der Waals surface area contributed by atoms with Crippen molar-refractivity contribution in [2.75, 3.05) is 11.5 Å². The second-order valence-electron chi connectivity index (χ2n) is 5.60. The zero-order valence-corrected chi connectivity index (χ0v) is 9.80. The average Bonchev–Trinajstić information content (AvgIpc) is 2.63. The number of rotatable bonds is 1. The maximum atomic E-state index is 11.5. The van der Waals surface area contributed by atoms with Crippen molar-refractivity contribution in [1.29, 1.82) is 0 Å². The molecule has 0 bridgehead atoms. The van der Waals surface area contributed by atoms with Gasteiger partial charge in [-0.2, -0.15) is 0 Å². The van der Waals surface area contributed by atoms with Gasteiger partial charge in [0.1, 0.15) is 0 Å². The summed E-state index contributed by atoms with van der Waals surface area (Å²) in [5.41, 5.74) is 6.36. The van der Waals surface area contributed by atoms with Crippen LogP contribution in [-0.4, -0.2) is 25.5 Å². The highest BCUT2D eigenvalue weighted by Gasteiger charge is 2.66. The third-order valence-corrected chi connectivity index (χ3v) is 6.65. The van der Waals surface area contributed by atoms with Crippen LogP contribution in [0.4, 0.5) is 0 Å². The van der Waals surface area contributed by atoms with E-state index in [0.29, 0.717) is 23.3 Å². The second kappa shape index (κ2) is 2.98. The number of sulfone groups is 1. The third kappa shape index (κ3) is 1.37. The van der Waals surface area contributed by atoms with Crippen LogP contribution in [0, 0.1) is 17.8 Å². The Morgan fingerprint density at radius 1 is 1.07 bits per heavy atom. The number of hydrogen-bond acceptors (Lipinski definition) is 3. The van der Waals surface area contributed by atoms with Crippen LogP contribution in [0.2, 0.25) is 0 Å². The van der Waals surface area contributed by atoms with Gasteiger partial charge in [-0.25, -0.2) is 8.42 Å². The van der Waals surface area contributed by atoms with Crippen LogP contribution in [0.15, 0.2) is 0 Å². The lowest BCUT2D eigenvalue weighted by atomic mass is 9.93. The number of nitrogens with two attached hydrogens (primary N) is 1. The van der Waals surface area contributed by atoms with E-state index in [-0.39, 0.29) is 11.5 Å². The zero-order chi connectivity index (χ0) is 10.7. The molecule has 2 aliphatic carbocycles. The highest BCUT2D eigenvalue weighted by molar-refractivity contribution is 7.91. The molecule has 2 saturated carbocycles. The van der Waals surface area contributed by atoms with E-state index in [2.05, 4.69) is 0 Å². The summed E-state index contributed by atoms with van der Waals surface area (Å²) < 4.78 is 22.9. The minimum absolute atomic E-state index is 0.0972. The Morgan fingerprint density at radius 2 is 1.67 bits per heavy atom. The lowest BCUT2D eigenvalue weighted by molar-refractivity contribution is 0.398. The summed E-state index contributed by atoms with van der Waals surface area (Å²) in [4.78, 5) is 0. The highest BCUT2D eigenvalue weighted by Crippen LogP contribution is 2.61. The Balaban J connectivity index is 1.79. The van der Waals surface area contributed by atoms with E-state index in [1.165, 1.54) is 25.7 Å². The van der Waals surface area contributed by atoms with Crippen molar-refractivity contribution in [3.05, 3.63) is 0 Å². The molecule has 3 aliphatic rings. The molecule has 3 nitrogen and oxygen atoms in total. The lowest BCUT2D eigenvalue weighted by Gasteiger charge is -2.18. The molecular weight excluding hydrogens is 210 g/mol. The van der Waals surface area contributed by atoms with E-state index in [4.69, 9.17) is 5.73 Å². The van der Waals surface area contributed by atoms with Crippen LogP contribution in [0.3, 0.4) is 0 Å². The second-order valence-corrected chi connectivity index (χ2v) is 7.83. The van der Waals surface area contributed by atoms with E-state index in [9.17, 15) is 8.42 Å². The molecule has 1 saturated heterocycles. The Kier molecular flexibility index (Phi) is 2.00. The first-order valence-electron chi connectivity index (χ1n) is 6.03. The maximum absolute atomic E-state index is 11.5. The largest absolute Gasteiger partial charge is 0.324 e. The summed E-state index contributed by atoms with van der Waals surface area (Å²) in [6.07, 6.45) is 5.86. The first-order chi connectivity index (χ1) is 7.04. The zero-order valence-electron chi connectivity index (χ0n) is 8.98. The van der Waals surface area contributed by atoms with Crippen LogP contribution >= 0.6 is 0 Å². The van der Waals surface area contributed by atoms with E-state index in [1.807, 2.05) is 0 Å². The molecule has 15 heavy (non-hydrogen) atoms. The minimum atomic E-state index is -2.76. The number of fused-ring (bicyclic) bond motifs is 1.